The predicted molar refractivity (Wildman–Crippen MR) is 81.0 cm³/mol. The van der Waals surface area contributed by atoms with E-state index in [0.717, 1.165) is 27.7 Å². The second-order valence-electron chi connectivity index (χ2n) is 5.53. The lowest BCUT2D eigenvalue weighted by atomic mass is 9.95. The lowest BCUT2D eigenvalue weighted by Crippen LogP contribution is -2.67. The number of amides is 1. The van der Waals surface area contributed by atoms with E-state index in [-0.39, 0.29) is 0 Å². The molecule has 5 atom stereocenters. The van der Waals surface area contributed by atoms with E-state index in [1.807, 2.05) is 0 Å². The van der Waals surface area contributed by atoms with Gasteiger partial charge in [0.05, 0.1) is 4.92 Å². The van der Waals surface area contributed by atoms with Crippen LogP contribution in [-0.2, 0) is 38.1 Å². The summed E-state index contributed by atoms with van der Waals surface area (Å²) in [5.74, 6) is -2.95. The maximum absolute atomic E-state index is 11.5. The van der Waals surface area contributed by atoms with Gasteiger partial charge in [-0.2, -0.15) is 0 Å². The first-order chi connectivity index (χ1) is 12.0. The van der Waals surface area contributed by atoms with E-state index in [1.165, 1.54) is 0 Å². The van der Waals surface area contributed by atoms with Crippen molar-refractivity contribution in [1.29, 1.82) is 0 Å². The Morgan fingerprint density at radius 2 is 1.54 bits per heavy atom. The Balaban J connectivity index is 3.29. The summed E-state index contributed by atoms with van der Waals surface area (Å²) in [6.07, 6.45) is -5.88. The summed E-state index contributed by atoms with van der Waals surface area (Å²) >= 11 is 0. The summed E-state index contributed by atoms with van der Waals surface area (Å²) in [4.78, 5) is 55.9. The molecule has 0 bridgehead atoms. The standard InChI is InChI=1S/C14H20N2O10/c1-6(17)15-11-13(25-9(4)20)12(24-8(3)19)10(5-23-7(2)18)26-14(11)16(21)22/h10-14H,5H2,1-4H3,(H,15,17). The fraction of sp³-hybridized carbons (Fsp3) is 0.714. The first-order valence-corrected chi connectivity index (χ1v) is 7.56. The number of hydrogen-bond acceptors (Lipinski definition) is 10. The van der Waals surface area contributed by atoms with Crippen molar-refractivity contribution in [2.24, 2.45) is 0 Å². The molecule has 0 spiro atoms. The Kier molecular flexibility index (Phi) is 7.43. The molecule has 1 rings (SSSR count). The van der Waals surface area contributed by atoms with E-state index in [9.17, 15) is 29.3 Å². The third kappa shape index (κ3) is 5.95. The minimum atomic E-state index is -1.82. The van der Waals surface area contributed by atoms with Gasteiger partial charge in [-0.25, -0.2) is 0 Å². The molecule has 0 radical (unpaired) electrons. The molecule has 0 aliphatic carbocycles. The normalized spacial score (nSPS) is 27.8. The molecule has 0 aromatic rings. The summed E-state index contributed by atoms with van der Waals surface area (Å²) in [6.45, 7) is 3.85. The summed E-state index contributed by atoms with van der Waals surface area (Å²) < 4.78 is 20.2. The van der Waals surface area contributed by atoms with Crippen molar-refractivity contribution in [3.63, 3.8) is 0 Å². The Bertz CT molecular complexity index is 592. The van der Waals surface area contributed by atoms with Gasteiger partial charge in [-0.05, 0) is 0 Å². The zero-order chi connectivity index (χ0) is 20.0. The Labute approximate surface area is 148 Å². The highest BCUT2D eigenvalue weighted by Gasteiger charge is 2.55. The molecule has 5 unspecified atom stereocenters. The van der Waals surface area contributed by atoms with Crippen molar-refractivity contribution >= 4 is 23.8 Å². The van der Waals surface area contributed by atoms with Gasteiger partial charge in [0.1, 0.15) is 12.7 Å². The van der Waals surface area contributed by atoms with Gasteiger partial charge >= 0.3 is 24.1 Å². The van der Waals surface area contributed by atoms with Crippen LogP contribution in [0.25, 0.3) is 0 Å². The van der Waals surface area contributed by atoms with Crippen LogP contribution in [0.5, 0.6) is 0 Å². The molecule has 146 valence electrons. The fourth-order valence-electron chi connectivity index (χ4n) is 2.49. The van der Waals surface area contributed by atoms with E-state index < -0.39 is 65.9 Å². The number of nitro groups is 1. The quantitative estimate of drug-likeness (QED) is 0.261. The first kappa shape index (κ1) is 21.3. The van der Waals surface area contributed by atoms with Crippen LogP contribution >= 0.6 is 0 Å². The zero-order valence-corrected chi connectivity index (χ0v) is 14.6. The number of carbonyl (C=O) groups is 4. The van der Waals surface area contributed by atoms with E-state index in [0.29, 0.717) is 0 Å². The third-order valence-electron chi connectivity index (χ3n) is 3.30. The van der Waals surface area contributed by atoms with Crippen molar-refractivity contribution in [3.05, 3.63) is 10.1 Å². The Hall–Kier alpha value is -2.76. The topological polar surface area (TPSA) is 160 Å². The second kappa shape index (κ2) is 9.08. The number of hydrogen-bond donors (Lipinski definition) is 1. The number of esters is 3. The SMILES string of the molecule is CC(=O)NC1C(OC(C)=O)C(OC(C)=O)C(COC(C)=O)OC1[N+](=O)[O-]. The molecule has 1 heterocycles. The van der Waals surface area contributed by atoms with Gasteiger partial charge in [-0.3, -0.25) is 29.3 Å². The molecule has 12 heteroatoms. The molecule has 1 amide bonds. The monoisotopic (exact) mass is 376 g/mol. The maximum atomic E-state index is 11.5. The first-order valence-electron chi connectivity index (χ1n) is 7.56. The summed E-state index contributed by atoms with van der Waals surface area (Å²) in [6, 6.07) is -1.43. The Morgan fingerprint density at radius 1 is 1.00 bits per heavy atom. The highest BCUT2D eigenvalue weighted by atomic mass is 16.7. The van der Waals surface area contributed by atoms with Crippen LogP contribution in [0, 0.1) is 10.1 Å². The van der Waals surface area contributed by atoms with Gasteiger partial charge in [0.2, 0.25) is 5.91 Å². The highest BCUT2D eigenvalue weighted by Crippen LogP contribution is 2.27. The molecule has 1 aliphatic heterocycles. The number of carbonyl (C=O) groups excluding carboxylic acids is 4. The van der Waals surface area contributed by atoms with Gasteiger partial charge in [0, 0.05) is 27.7 Å². The molecule has 26 heavy (non-hydrogen) atoms. The maximum Gasteiger partial charge on any atom is 0.340 e. The Morgan fingerprint density at radius 3 is 1.96 bits per heavy atom. The van der Waals surface area contributed by atoms with Crippen molar-refractivity contribution < 1.29 is 43.0 Å². The molecule has 1 N–H and O–H groups in total. The van der Waals surface area contributed by atoms with Gasteiger partial charge < -0.3 is 24.3 Å². The number of nitrogens with zero attached hydrogens (tertiary/aromatic N) is 1. The van der Waals surface area contributed by atoms with Gasteiger partial charge in [-0.15, -0.1) is 0 Å². The van der Waals surface area contributed by atoms with E-state index in [1.54, 1.807) is 0 Å². The molecule has 12 nitrogen and oxygen atoms in total. The molecule has 0 aromatic heterocycles. The van der Waals surface area contributed by atoms with Crippen LogP contribution in [0.4, 0.5) is 0 Å². The number of rotatable bonds is 6. The fourth-order valence-corrected chi connectivity index (χ4v) is 2.49. The van der Waals surface area contributed by atoms with Gasteiger partial charge in [-0.1, -0.05) is 0 Å². The van der Waals surface area contributed by atoms with Crippen molar-refractivity contribution in [3.8, 4) is 0 Å². The predicted octanol–water partition coefficient (Wildman–Crippen LogP) is -1.08. The molecule has 1 aliphatic rings. The molecule has 1 saturated heterocycles. The number of ether oxygens (including phenoxy) is 4. The van der Waals surface area contributed by atoms with Crippen LogP contribution in [0.1, 0.15) is 27.7 Å². The lowest BCUT2D eigenvalue weighted by molar-refractivity contribution is -0.594. The van der Waals surface area contributed by atoms with Gasteiger partial charge in [0.25, 0.3) is 0 Å². The van der Waals surface area contributed by atoms with E-state index >= 15 is 0 Å². The highest BCUT2D eigenvalue weighted by molar-refractivity contribution is 5.73. The van der Waals surface area contributed by atoms with Crippen molar-refractivity contribution in [1.82, 2.24) is 5.32 Å². The zero-order valence-electron chi connectivity index (χ0n) is 14.6. The van der Waals surface area contributed by atoms with E-state index in [4.69, 9.17) is 18.9 Å². The largest absolute Gasteiger partial charge is 0.463 e. The van der Waals surface area contributed by atoms with Crippen LogP contribution in [0.3, 0.4) is 0 Å². The van der Waals surface area contributed by atoms with Crippen LogP contribution in [0.15, 0.2) is 0 Å². The van der Waals surface area contributed by atoms with Gasteiger partial charge in [0.15, 0.2) is 18.2 Å². The molecular formula is C14H20N2O10. The summed E-state index contributed by atoms with van der Waals surface area (Å²) in [5, 5.41) is 13.6. The lowest BCUT2D eigenvalue weighted by Gasteiger charge is -2.41. The van der Waals surface area contributed by atoms with E-state index in [2.05, 4.69) is 5.32 Å². The minimum Gasteiger partial charge on any atom is -0.463 e. The third-order valence-corrected chi connectivity index (χ3v) is 3.30. The smallest absolute Gasteiger partial charge is 0.340 e. The molecule has 0 saturated carbocycles. The molecule has 0 aromatic carbocycles. The second-order valence-corrected chi connectivity index (χ2v) is 5.53. The molecular weight excluding hydrogens is 356 g/mol. The molecule has 1 fully saturated rings. The van der Waals surface area contributed by atoms with Crippen molar-refractivity contribution in [2.75, 3.05) is 6.61 Å². The number of nitrogens with one attached hydrogen (secondary N) is 1. The van der Waals surface area contributed by atoms with Crippen LogP contribution < -0.4 is 5.32 Å². The average molecular weight is 376 g/mol. The summed E-state index contributed by atoms with van der Waals surface area (Å²) in [5.41, 5.74) is 0. The van der Waals surface area contributed by atoms with Crippen molar-refractivity contribution in [2.45, 2.75) is 58.3 Å². The minimum absolute atomic E-state index is 0.484. The summed E-state index contributed by atoms with van der Waals surface area (Å²) in [7, 11) is 0. The van der Waals surface area contributed by atoms with Crippen LogP contribution in [-0.4, -0.2) is 65.9 Å². The van der Waals surface area contributed by atoms with Crippen LogP contribution in [0.2, 0.25) is 0 Å². The average Bonchev–Trinajstić information content (AvgIpc) is 2.47.